The number of likely N-dealkylation sites (N-methyl/N-ethyl adjacent to an activating group) is 1. The van der Waals surface area contributed by atoms with Crippen LogP contribution >= 0.6 is 0 Å². The molecule has 0 aliphatic carbocycles. The molecule has 1 N–H and O–H groups in total. The van der Waals surface area contributed by atoms with Crippen LogP contribution in [0.1, 0.15) is 26.2 Å². The van der Waals surface area contributed by atoms with Gasteiger partial charge in [-0.1, -0.05) is 6.92 Å². The molecule has 4 nitrogen and oxygen atoms in total. The number of hydrogen-bond acceptors (Lipinski definition) is 4. The lowest BCUT2D eigenvalue weighted by Gasteiger charge is -2.23. The molecule has 0 aromatic rings. The summed E-state index contributed by atoms with van der Waals surface area (Å²) in [4.78, 5) is 2.49. The Labute approximate surface area is 105 Å². The molecule has 0 aromatic heterocycles. The van der Waals surface area contributed by atoms with Gasteiger partial charge in [0.05, 0.1) is 18.8 Å². The van der Waals surface area contributed by atoms with Crippen LogP contribution in [0.2, 0.25) is 0 Å². The zero-order valence-corrected chi connectivity index (χ0v) is 11.0. The summed E-state index contributed by atoms with van der Waals surface area (Å²) in [6, 6.07) is 0. The van der Waals surface area contributed by atoms with E-state index in [0.717, 1.165) is 52.4 Å². The second kappa shape index (κ2) is 7.31. The highest BCUT2D eigenvalue weighted by Crippen LogP contribution is 2.20. The second-order valence-corrected chi connectivity index (χ2v) is 5.03. The van der Waals surface area contributed by atoms with E-state index in [0.29, 0.717) is 12.2 Å². The van der Waals surface area contributed by atoms with Crippen molar-refractivity contribution in [1.82, 2.24) is 10.2 Å². The first-order chi connectivity index (χ1) is 8.38. The molecule has 2 fully saturated rings. The number of nitrogens with zero attached hydrogens (tertiary/aromatic N) is 1. The van der Waals surface area contributed by atoms with Gasteiger partial charge >= 0.3 is 0 Å². The zero-order chi connectivity index (χ0) is 11.9. The van der Waals surface area contributed by atoms with Crippen molar-refractivity contribution in [2.24, 2.45) is 0 Å². The highest BCUT2D eigenvalue weighted by atomic mass is 16.5. The second-order valence-electron chi connectivity index (χ2n) is 5.03. The van der Waals surface area contributed by atoms with Crippen LogP contribution in [-0.4, -0.2) is 63.0 Å². The lowest BCUT2D eigenvalue weighted by Crippen LogP contribution is -2.35. The van der Waals surface area contributed by atoms with Crippen molar-refractivity contribution < 1.29 is 9.47 Å². The molecule has 0 radical (unpaired) electrons. The van der Waals surface area contributed by atoms with Crippen LogP contribution in [0.3, 0.4) is 0 Å². The lowest BCUT2D eigenvalue weighted by atomic mass is 10.2. The molecule has 17 heavy (non-hydrogen) atoms. The summed E-state index contributed by atoms with van der Waals surface area (Å²) in [5.41, 5.74) is 0. The quantitative estimate of drug-likeness (QED) is 0.775. The zero-order valence-electron chi connectivity index (χ0n) is 11.0. The van der Waals surface area contributed by atoms with E-state index < -0.39 is 0 Å². The molecular weight excluding hydrogens is 216 g/mol. The SMILES string of the molecule is CCNCC1CCC(CN2CCCOCC2)O1. The molecule has 0 aromatic carbocycles. The van der Waals surface area contributed by atoms with Gasteiger partial charge in [-0.15, -0.1) is 0 Å². The molecule has 0 bridgehead atoms. The van der Waals surface area contributed by atoms with Crippen molar-refractivity contribution in [1.29, 1.82) is 0 Å². The molecular formula is C13H26N2O2. The molecule has 2 saturated heterocycles. The molecule has 2 heterocycles. The van der Waals surface area contributed by atoms with Crippen LogP contribution in [0.15, 0.2) is 0 Å². The van der Waals surface area contributed by atoms with Gasteiger partial charge in [-0.25, -0.2) is 0 Å². The van der Waals surface area contributed by atoms with Crippen molar-refractivity contribution >= 4 is 0 Å². The normalized spacial score (nSPS) is 31.6. The van der Waals surface area contributed by atoms with Gasteiger partial charge < -0.3 is 14.8 Å². The molecule has 0 spiro atoms. The van der Waals surface area contributed by atoms with Crippen molar-refractivity contribution in [3.05, 3.63) is 0 Å². The van der Waals surface area contributed by atoms with E-state index in [-0.39, 0.29) is 0 Å². The van der Waals surface area contributed by atoms with Gasteiger partial charge in [-0.05, 0) is 25.8 Å². The predicted molar refractivity (Wildman–Crippen MR) is 68.3 cm³/mol. The average Bonchev–Trinajstić information content (AvgIpc) is 2.61. The Morgan fingerprint density at radius 2 is 2.06 bits per heavy atom. The fraction of sp³-hybridized carbons (Fsp3) is 1.00. The maximum Gasteiger partial charge on any atom is 0.0707 e. The molecule has 0 saturated carbocycles. The van der Waals surface area contributed by atoms with E-state index in [9.17, 15) is 0 Å². The number of nitrogens with one attached hydrogen (secondary N) is 1. The Hall–Kier alpha value is -0.160. The molecule has 4 heteroatoms. The third kappa shape index (κ3) is 4.54. The lowest BCUT2D eigenvalue weighted by molar-refractivity contribution is 0.0231. The molecule has 2 aliphatic heterocycles. The number of rotatable bonds is 5. The number of ether oxygens (including phenoxy) is 2. The minimum atomic E-state index is 0.433. The van der Waals surface area contributed by atoms with Crippen LogP contribution in [0, 0.1) is 0 Å². The minimum absolute atomic E-state index is 0.433. The van der Waals surface area contributed by atoms with Gasteiger partial charge in [0.2, 0.25) is 0 Å². The van der Waals surface area contributed by atoms with Gasteiger partial charge in [0.25, 0.3) is 0 Å². The fourth-order valence-corrected chi connectivity index (χ4v) is 2.64. The van der Waals surface area contributed by atoms with E-state index in [4.69, 9.17) is 9.47 Å². The Kier molecular flexibility index (Phi) is 5.71. The smallest absolute Gasteiger partial charge is 0.0707 e. The summed E-state index contributed by atoms with van der Waals surface area (Å²) < 4.78 is 11.5. The molecule has 2 atom stereocenters. The first-order valence-electron chi connectivity index (χ1n) is 7.04. The third-order valence-corrected chi connectivity index (χ3v) is 3.59. The van der Waals surface area contributed by atoms with E-state index in [2.05, 4.69) is 17.1 Å². The van der Waals surface area contributed by atoms with Gasteiger partial charge in [-0.2, -0.15) is 0 Å². The minimum Gasteiger partial charge on any atom is -0.380 e. The summed E-state index contributed by atoms with van der Waals surface area (Å²) >= 11 is 0. The van der Waals surface area contributed by atoms with Crippen LogP contribution in [0.5, 0.6) is 0 Å². The largest absolute Gasteiger partial charge is 0.380 e. The monoisotopic (exact) mass is 242 g/mol. The summed E-state index contributed by atoms with van der Waals surface area (Å²) in [6.07, 6.45) is 4.46. The Morgan fingerprint density at radius 1 is 1.18 bits per heavy atom. The van der Waals surface area contributed by atoms with Crippen LogP contribution in [0.25, 0.3) is 0 Å². The molecule has 2 aliphatic rings. The third-order valence-electron chi connectivity index (χ3n) is 3.59. The van der Waals surface area contributed by atoms with Gasteiger partial charge in [0, 0.05) is 32.8 Å². The predicted octanol–water partition coefficient (Wildman–Crippen LogP) is 0.866. The molecule has 2 unspecified atom stereocenters. The van der Waals surface area contributed by atoms with E-state index in [1.54, 1.807) is 0 Å². The highest BCUT2D eigenvalue weighted by Gasteiger charge is 2.26. The van der Waals surface area contributed by atoms with E-state index in [1.807, 2.05) is 0 Å². The van der Waals surface area contributed by atoms with Gasteiger partial charge in [0.1, 0.15) is 0 Å². The Bertz CT molecular complexity index is 206. The Balaban J connectivity index is 1.65. The number of hydrogen-bond donors (Lipinski definition) is 1. The summed E-state index contributed by atoms with van der Waals surface area (Å²) in [5.74, 6) is 0. The Morgan fingerprint density at radius 3 is 2.94 bits per heavy atom. The van der Waals surface area contributed by atoms with E-state index in [1.165, 1.54) is 12.8 Å². The summed E-state index contributed by atoms with van der Waals surface area (Å²) in [5, 5.41) is 3.37. The van der Waals surface area contributed by atoms with Crippen LogP contribution in [-0.2, 0) is 9.47 Å². The summed E-state index contributed by atoms with van der Waals surface area (Å²) in [7, 11) is 0. The maximum atomic E-state index is 6.06. The van der Waals surface area contributed by atoms with Crippen molar-refractivity contribution in [3.63, 3.8) is 0 Å². The molecule has 0 amide bonds. The van der Waals surface area contributed by atoms with Crippen LogP contribution < -0.4 is 5.32 Å². The first-order valence-corrected chi connectivity index (χ1v) is 7.04. The van der Waals surface area contributed by atoms with Crippen molar-refractivity contribution in [2.75, 3.05) is 45.9 Å². The van der Waals surface area contributed by atoms with Gasteiger partial charge in [-0.3, -0.25) is 4.90 Å². The molecule has 100 valence electrons. The van der Waals surface area contributed by atoms with Gasteiger partial charge in [0.15, 0.2) is 0 Å². The van der Waals surface area contributed by atoms with Crippen LogP contribution in [0.4, 0.5) is 0 Å². The first kappa shape index (κ1) is 13.3. The van der Waals surface area contributed by atoms with Crippen molar-refractivity contribution in [2.45, 2.75) is 38.4 Å². The average molecular weight is 242 g/mol. The fourth-order valence-electron chi connectivity index (χ4n) is 2.64. The molecule has 2 rings (SSSR count). The highest BCUT2D eigenvalue weighted by molar-refractivity contribution is 4.78. The topological polar surface area (TPSA) is 33.7 Å². The van der Waals surface area contributed by atoms with Crippen molar-refractivity contribution in [3.8, 4) is 0 Å². The van der Waals surface area contributed by atoms with E-state index >= 15 is 0 Å². The standard InChI is InChI=1S/C13H26N2O2/c1-2-14-10-12-4-5-13(17-12)11-15-6-3-8-16-9-7-15/h12-14H,2-11H2,1H3. The summed E-state index contributed by atoms with van der Waals surface area (Å²) in [6.45, 7) is 9.31. The maximum absolute atomic E-state index is 6.06.